The highest BCUT2D eigenvalue weighted by Crippen LogP contribution is 2.33. The van der Waals surface area contributed by atoms with Crippen molar-refractivity contribution in [3.63, 3.8) is 0 Å². The predicted molar refractivity (Wildman–Crippen MR) is 60.1 cm³/mol. The van der Waals surface area contributed by atoms with Gasteiger partial charge in [0.25, 0.3) is 0 Å². The number of hydrogen-bond acceptors (Lipinski definition) is 1. The maximum Gasteiger partial charge on any atom is 0.416 e. The molecule has 0 aliphatic heterocycles. The van der Waals surface area contributed by atoms with Crippen LogP contribution >= 0.6 is 11.6 Å². The van der Waals surface area contributed by atoms with E-state index in [-0.39, 0.29) is 11.2 Å². The Morgan fingerprint density at radius 2 is 1.94 bits per heavy atom. The van der Waals surface area contributed by atoms with Gasteiger partial charge in [-0.1, -0.05) is 11.6 Å². The van der Waals surface area contributed by atoms with E-state index in [1.165, 1.54) is 10.7 Å². The highest BCUT2D eigenvalue weighted by Gasteiger charge is 2.31. The minimum atomic E-state index is -4.35. The van der Waals surface area contributed by atoms with E-state index in [4.69, 9.17) is 11.6 Å². The molecule has 1 heterocycles. The van der Waals surface area contributed by atoms with Crippen molar-refractivity contribution in [3.05, 3.63) is 28.9 Å². The quantitative estimate of drug-likeness (QED) is 0.750. The van der Waals surface area contributed by atoms with Crippen molar-refractivity contribution in [2.24, 2.45) is 0 Å². The maximum absolute atomic E-state index is 12.6. The van der Waals surface area contributed by atoms with E-state index in [0.717, 1.165) is 12.1 Å². The molecule has 0 amide bonds. The van der Waals surface area contributed by atoms with E-state index in [0.29, 0.717) is 10.9 Å². The molecule has 2 aromatic rings. The fraction of sp³-hybridized carbons (Fsp3) is 0.364. The second kappa shape index (κ2) is 3.91. The molecule has 0 aliphatic rings. The van der Waals surface area contributed by atoms with Gasteiger partial charge in [-0.25, -0.2) is 0 Å². The van der Waals surface area contributed by atoms with E-state index in [1.54, 1.807) is 0 Å². The highest BCUT2D eigenvalue weighted by atomic mass is 35.5. The minimum absolute atomic E-state index is 0.0477. The number of fused-ring (bicyclic) bond motifs is 1. The van der Waals surface area contributed by atoms with Gasteiger partial charge in [-0.3, -0.25) is 4.68 Å². The van der Waals surface area contributed by atoms with Crippen molar-refractivity contribution >= 4 is 22.5 Å². The van der Waals surface area contributed by atoms with Crippen molar-refractivity contribution < 1.29 is 13.2 Å². The molecule has 2 rings (SSSR count). The molecule has 1 aromatic heterocycles. The first-order valence-corrected chi connectivity index (χ1v) is 5.43. The fourth-order valence-corrected chi connectivity index (χ4v) is 1.91. The average Bonchev–Trinajstić information content (AvgIpc) is 2.54. The monoisotopic (exact) mass is 262 g/mol. The Balaban J connectivity index is 2.71. The molecule has 0 atom stereocenters. The Labute approximate surface area is 101 Å². The summed E-state index contributed by atoms with van der Waals surface area (Å²) in [6.07, 6.45) is -4.35. The standard InChI is InChI=1S/C11H10ClF3N2/c1-6(2)17-9-5-7(11(13,14)15)3-4-8(9)10(12)16-17/h3-6H,1-2H3. The highest BCUT2D eigenvalue weighted by molar-refractivity contribution is 6.34. The Morgan fingerprint density at radius 3 is 2.47 bits per heavy atom. The molecule has 0 unspecified atom stereocenters. The van der Waals surface area contributed by atoms with Crippen molar-refractivity contribution in [2.75, 3.05) is 0 Å². The third-order valence-electron chi connectivity index (χ3n) is 2.48. The van der Waals surface area contributed by atoms with Crippen LogP contribution in [0.25, 0.3) is 10.9 Å². The van der Waals surface area contributed by atoms with Crippen molar-refractivity contribution in [1.82, 2.24) is 9.78 Å². The lowest BCUT2D eigenvalue weighted by Gasteiger charge is -2.09. The van der Waals surface area contributed by atoms with Crippen molar-refractivity contribution in [3.8, 4) is 0 Å². The summed E-state index contributed by atoms with van der Waals surface area (Å²) in [5.41, 5.74) is -0.289. The second-order valence-electron chi connectivity index (χ2n) is 4.06. The van der Waals surface area contributed by atoms with Crippen LogP contribution in [0.5, 0.6) is 0 Å². The molecular formula is C11H10ClF3N2. The van der Waals surface area contributed by atoms with Crippen LogP contribution in [-0.4, -0.2) is 9.78 Å². The number of hydrogen-bond donors (Lipinski definition) is 0. The first-order valence-electron chi connectivity index (χ1n) is 5.05. The third-order valence-corrected chi connectivity index (χ3v) is 2.76. The molecular weight excluding hydrogens is 253 g/mol. The first-order chi connectivity index (χ1) is 7.80. The lowest BCUT2D eigenvalue weighted by Crippen LogP contribution is -2.06. The summed E-state index contributed by atoms with van der Waals surface area (Å²) in [6.45, 7) is 3.67. The summed E-state index contributed by atoms with van der Waals surface area (Å²) in [5, 5.41) is 4.79. The van der Waals surface area contributed by atoms with E-state index >= 15 is 0 Å². The van der Waals surface area contributed by atoms with Crippen LogP contribution in [0.4, 0.5) is 13.2 Å². The van der Waals surface area contributed by atoms with Crippen molar-refractivity contribution in [2.45, 2.75) is 26.1 Å². The largest absolute Gasteiger partial charge is 0.416 e. The van der Waals surface area contributed by atoms with Crippen LogP contribution in [0.1, 0.15) is 25.5 Å². The third kappa shape index (κ3) is 2.11. The fourth-order valence-electron chi connectivity index (χ4n) is 1.67. The van der Waals surface area contributed by atoms with Gasteiger partial charge in [-0.15, -0.1) is 0 Å². The molecule has 1 aromatic carbocycles. The van der Waals surface area contributed by atoms with Gasteiger partial charge < -0.3 is 0 Å². The zero-order chi connectivity index (χ0) is 12.8. The van der Waals surface area contributed by atoms with Gasteiger partial charge in [-0.2, -0.15) is 18.3 Å². The van der Waals surface area contributed by atoms with Gasteiger partial charge in [0, 0.05) is 11.4 Å². The summed E-state index contributed by atoms with van der Waals surface area (Å²) < 4.78 is 39.3. The van der Waals surface area contributed by atoms with Crippen molar-refractivity contribution in [1.29, 1.82) is 0 Å². The minimum Gasteiger partial charge on any atom is -0.261 e. The van der Waals surface area contributed by atoms with Crippen LogP contribution < -0.4 is 0 Å². The van der Waals surface area contributed by atoms with Gasteiger partial charge in [0.15, 0.2) is 5.15 Å². The Kier molecular flexibility index (Phi) is 2.81. The van der Waals surface area contributed by atoms with E-state index in [2.05, 4.69) is 5.10 Å². The number of rotatable bonds is 1. The zero-order valence-electron chi connectivity index (χ0n) is 9.22. The Hall–Kier alpha value is -1.23. The molecule has 0 bridgehead atoms. The molecule has 0 N–H and O–H groups in total. The van der Waals surface area contributed by atoms with Crippen LogP contribution in [0.2, 0.25) is 5.15 Å². The summed E-state index contributed by atoms with van der Waals surface area (Å²) >= 11 is 5.88. The van der Waals surface area contributed by atoms with E-state index < -0.39 is 11.7 Å². The van der Waals surface area contributed by atoms with Crippen LogP contribution in [0.3, 0.4) is 0 Å². The summed E-state index contributed by atoms with van der Waals surface area (Å²) in [4.78, 5) is 0. The van der Waals surface area contributed by atoms with Gasteiger partial charge in [0.2, 0.25) is 0 Å². The lowest BCUT2D eigenvalue weighted by atomic mass is 10.1. The molecule has 0 saturated carbocycles. The molecule has 17 heavy (non-hydrogen) atoms. The number of halogens is 4. The van der Waals surface area contributed by atoms with Crippen LogP contribution in [0, 0.1) is 0 Å². The predicted octanol–water partition coefficient (Wildman–Crippen LogP) is 4.29. The Bertz CT molecular complexity index is 558. The normalized spacial score (nSPS) is 12.6. The SMILES string of the molecule is CC(C)n1nc(Cl)c2ccc(C(F)(F)F)cc21. The number of aromatic nitrogens is 2. The topological polar surface area (TPSA) is 17.8 Å². The average molecular weight is 263 g/mol. The van der Waals surface area contributed by atoms with Crippen LogP contribution in [-0.2, 0) is 6.18 Å². The molecule has 6 heteroatoms. The van der Waals surface area contributed by atoms with Gasteiger partial charge in [-0.05, 0) is 32.0 Å². The molecule has 0 aliphatic carbocycles. The van der Waals surface area contributed by atoms with Gasteiger partial charge in [0.1, 0.15) is 0 Å². The number of nitrogens with zero attached hydrogens (tertiary/aromatic N) is 2. The molecule has 2 nitrogen and oxygen atoms in total. The second-order valence-corrected chi connectivity index (χ2v) is 4.42. The first kappa shape index (κ1) is 12.2. The van der Waals surface area contributed by atoms with E-state index in [9.17, 15) is 13.2 Å². The lowest BCUT2D eigenvalue weighted by molar-refractivity contribution is -0.137. The van der Waals surface area contributed by atoms with E-state index in [1.807, 2.05) is 13.8 Å². The number of benzene rings is 1. The molecule has 0 saturated heterocycles. The molecule has 92 valence electrons. The summed E-state index contributed by atoms with van der Waals surface area (Å²) in [6, 6.07) is 3.40. The molecule has 0 radical (unpaired) electrons. The summed E-state index contributed by atoms with van der Waals surface area (Å²) in [5.74, 6) is 0. The van der Waals surface area contributed by atoms with Crippen LogP contribution in [0.15, 0.2) is 18.2 Å². The number of alkyl halides is 3. The zero-order valence-corrected chi connectivity index (χ0v) is 9.97. The van der Waals surface area contributed by atoms with Gasteiger partial charge >= 0.3 is 6.18 Å². The molecule has 0 spiro atoms. The Morgan fingerprint density at radius 1 is 1.29 bits per heavy atom. The maximum atomic E-state index is 12.6. The molecule has 0 fully saturated rings. The smallest absolute Gasteiger partial charge is 0.261 e. The summed E-state index contributed by atoms with van der Waals surface area (Å²) in [7, 11) is 0. The van der Waals surface area contributed by atoms with Gasteiger partial charge in [0.05, 0.1) is 11.1 Å².